The zero-order valence-electron chi connectivity index (χ0n) is 9.75. The van der Waals surface area contributed by atoms with Gasteiger partial charge >= 0.3 is 0 Å². The number of phenols is 1. The number of rotatable bonds is 2. The van der Waals surface area contributed by atoms with E-state index >= 15 is 0 Å². The summed E-state index contributed by atoms with van der Waals surface area (Å²) in [7, 11) is 0. The number of hydrogen-bond donors (Lipinski definition) is 2. The summed E-state index contributed by atoms with van der Waals surface area (Å²) in [5.41, 5.74) is -0.0726. The highest BCUT2D eigenvalue weighted by Crippen LogP contribution is 2.30. The minimum Gasteiger partial charge on any atom is -0.506 e. The minimum atomic E-state index is -0.821. The smallest absolute Gasteiger partial charge is 0.257 e. The maximum absolute atomic E-state index is 13.6. The predicted octanol–water partition coefficient (Wildman–Crippen LogP) is 4.74. The Morgan fingerprint density at radius 2 is 1.80 bits per heavy atom. The normalized spacial score (nSPS) is 10.4. The number of nitrogens with one attached hydrogen (secondary N) is 1. The Morgan fingerprint density at radius 1 is 1.10 bits per heavy atom. The predicted molar refractivity (Wildman–Crippen MR) is 77.5 cm³/mol. The van der Waals surface area contributed by atoms with E-state index in [9.17, 15) is 14.3 Å². The van der Waals surface area contributed by atoms with Crippen LogP contribution < -0.4 is 5.32 Å². The number of amides is 1. The summed E-state index contributed by atoms with van der Waals surface area (Å²) < 4.78 is 13.6. The van der Waals surface area contributed by atoms with Crippen molar-refractivity contribution in [2.24, 2.45) is 0 Å². The topological polar surface area (TPSA) is 49.3 Å². The maximum Gasteiger partial charge on any atom is 0.257 e. The summed E-state index contributed by atoms with van der Waals surface area (Å²) in [5, 5.41) is 12.0. The summed E-state index contributed by atoms with van der Waals surface area (Å²) in [6.45, 7) is 0. The highest BCUT2D eigenvalue weighted by molar-refractivity contribution is 6.36. The molecule has 0 aliphatic heterocycles. The molecule has 0 radical (unpaired) electrons. The Morgan fingerprint density at radius 3 is 2.50 bits per heavy atom. The van der Waals surface area contributed by atoms with Crippen molar-refractivity contribution in [1.82, 2.24) is 0 Å². The van der Waals surface area contributed by atoms with Crippen LogP contribution in [0.15, 0.2) is 30.3 Å². The molecule has 2 N–H and O–H groups in total. The monoisotopic (exact) mass is 333 g/mol. The zero-order chi connectivity index (χ0) is 14.9. The van der Waals surface area contributed by atoms with Crippen molar-refractivity contribution in [3.63, 3.8) is 0 Å². The van der Waals surface area contributed by atoms with Crippen LogP contribution in [0.25, 0.3) is 0 Å². The average Bonchev–Trinajstić information content (AvgIpc) is 2.38. The third-order valence-electron chi connectivity index (χ3n) is 2.46. The van der Waals surface area contributed by atoms with Gasteiger partial charge in [0, 0.05) is 11.1 Å². The number of benzene rings is 2. The lowest BCUT2D eigenvalue weighted by Crippen LogP contribution is -2.13. The molecule has 1 amide bonds. The Hall–Kier alpha value is -1.49. The number of carbonyl (C=O) groups is 1. The van der Waals surface area contributed by atoms with Gasteiger partial charge in [-0.2, -0.15) is 0 Å². The van der Waals surface area contributed by atoms with Crippen molar-refractivity contribution in [3.8, 4) is 5.75 Å². The standard InChI is InChI=1S/C13H7Cl3FNO2/c14-6-1-2-8(15)7(3-6)13(20)18-11-4-9(16)12(19)5-10(11)17/h1-5,19H,(H,18,20). The SMILES string of the molecule is O=C(Nc1cc(Cl)c(O)cc1F)c1cc(Cl)ccc1Cl. The second-order valence-electron chi connectivity index (χ2n) is 3.86. The van der Waals surface area contributed by atoms with Gasteiger partial charge in [-0.3, -0.25) is 4.79 Å². The zero-order valence-corrected chi connectivity index (χ0v) is 12.0. The molecule has 2 aromatic carbocycles. The largest absolute Gasteiger partial charge is 0.506 e. The van der Waals surface area contributed by atoms with Crippen molar-refractivity contribution in [2.75, 3.05) is 5.32 Å². The van der Waals surface area contributed by atoms with Gasteiger partial charge in [-0.05, 0) is 24.3 Å². The first kappa shape index (κ1) is 14.9. The number of carbonyl (C=O) groups excluding carboxylic acids is 1. The van der Waals surface area contributed by atoms with Gasteiger partial charge in [0.25, 0.3) is 5.91 Å². The molecule has 0 saturated carbocycles. The maximum atomic E-state index is 13.6. The molecule has 0 spiro atoms. The van der Waals surface area contributed by atoms with Crippen LogP contribution in [0.5, 0.6) is 5.75 Å². The van der Waals surface area contributed by atoms with Crippen LogP contribution in [-0.4, -0.2) is 11.0 Å². The van der Waals surface area contributed by atoms with Crippen LogP contribution >= 0.6 is 34.8 Å². The number of anilines is 1. The van der Waals surface area contributed by atoms with Crippen molar-refractivity contribution < 1.29 is 14.3 Å². The van der Waals surface area contributed by atoms with E-state index in [1.165, 1.54) is 18.2 Å². The molecule has 0 unspecified atom stereocenters. The molecule has 0 saturated heterocycles. The molecule has 7 heteroatoms. The first-order chi connectivity index (χ1) is 9.38. The number of phenolic OH excluding ortho intramolecular Hbond substituents is 1. The lowest BCUT2D eigenvalue weighted by molar-refractivity contribution is 0.102. The Labute approximate surface area is 128 Å². The second-order valence-corrected chi connectivity index (χ2v) is 5.11. The van der Waals surface area contributed by atoms with E-state index in [1.54, 1.807) is 0 Å². The van der Waals surface area contributed by atoms with Gasteiger partial charge in [0.1, 0.15) is 5.75 Å². The number of halogens is 4. The van der Waals surface area contributed by atoms with Gasteiger partial charge in [0.15, 0.2) is 5.82 Å². The Kier molecular flexibility index (Phi) is 4.38. The molecule has 0 fully saturated rings. The molecule has 2 rings (SSSR count). The van der Waals surface area contributed by atoms with E-state index in [0.717, 1.165) is 12.1 Å². The molecular weight excluding hydrogens is 328 g/mol. The summed E-state index contributed by atoms with van der Waals surface area (Å²) in [6, 6.07) is 6.25. The van der Waals surface area contributed by atoms with Crippen LogP contribution in [-0.2, 0) is 0 Å². The fourth-order valence-corrected chi connectivity index (χ4v) is 2.03. The fourth-order valence-electron chi connectivity index (χ4n) is 1.49. The number of hydrogen-bond acceptors (Lipinski definition) is 2. The van der Waals surface area contributed by atoms with Crippen LogP contribution in [0, 0.1) is 5.82 Å². The van der Waals surface area contributed by atoms with E-state index in [2.05, 4.69) is 5.32 Å². The van der Waals surface area contributed by atoms with Crippen LogP contribution in [0.4, 0.5) is 10.1 Å². The van der Waals surface area contributed by atoms with E-state index in [4.69, 9.17) is 34.8 Å². The van der Waals surface area contributed by atoms with Crippen molar-refractivity contribution >= 4 is 46.4 Å². The first-order valence-electron chi connectivity index (χ1n) is 5.33. The van der Waals surface area contributed by atoms with Crippen molar-refractivity contribution in [1.29, 1.82) is 0 Å². The lowest BCUT2D eigenvalue weighted by atomic mass is 10.2. The van der Waals surface area contributed by atoms with E-state index in [0.29, 0.717) is 5.02 Å². The third kappa shape index (κ3) is 3.15. The summed E-state index contributed by atoms with van der Waals surface area (Å²) in [4.78, 5) is 12.0. The minimum absolute atomic E-state index is 0.0844. The van der Waals surface area contributed by atoms with Crippen molar-refractivity contribution in [3.05, 3.63) is 56.8 Å². The highest BCUT2D eigenvalue weighted by Gasteiger charge is 2.15. The fraction of sp³-hybridized carbons (Fsp3) is 0. The quantitative estimate of drug-likeness (QED) is 0.779. The molecular formula is C13H7Cl3FNO2. The van der Waals surface area contributed by atoms with Crippen LogP contribution in [0.3, 0.4) is 0 Å². The molecule has 0 aromatic heterocycles. The molecule has 3 nitrogen and oxygen atoms in total. The summed E-state index contributed by atoms with van der Waals surface area (Å²) in [5.74, 6) is -1.88. The third-order valence-corrected chi connectivity index (χ3v) is 3.33. The van der Waals surface area contributed by atoms with Gasteiger partial charge in [-0.15, -0.1) is 0 Å². The molecule has 104 valence electrons. The average molecular weight is 335 g/mol. The first-order valence-corrected chi connectivity index (χ1v) is 6.46. The van der Waals surface area contributed by atoms with Gasteiger partial charge < -0.3 is 10.4 Å². The molecule has 0 atom stereocenters. The summed E-state index contributed by atoms with van der Waals surface area (Å²) >= 11 is 17.3. The Balaban J connectivity index is 2.32. The second kappa shape index (κ2) is 5.87. The molecule has 0 bridgehead atoms. The van der Waals surface area contributed by atoms with Gasteiger partial charge in [-0.1, -0.05) is 34.8 Å². The van der Waals surface area contributed by atoms with E-state index < -0.39 is 17.5 Å². The molecule has 0 heterocycles. The molecule has 0 aliphatic rings. The summed E-state index contributed by atoms with van der Waals surface area (Å²) in [6.07, 6.45) is 0. The Bertz CT molecular complexity index is 692. The highest BCUT2D eigenvalue weighted by atomic mass is 35.5. The van der Waals surface area contributed by atoms with Crippen LogP contribution in [0.2, 0.25) is 15.1 Å². The van der Waals surface area contributed by atoms with Crippen molar-refractivity contribution in [2.45, 2.75) is 0 Å². The van der Waals surface area contributed by atoms with E-state index in [-0.39, 0.29) is 21.3 Å². The molecule has 2 aromatic rings. The van der Waals surface area contributed by atoms with Crippen LogP contribution in [0.1, 0.15) is 10.4 Å². The molecule has 0 aliphatic carbocycles. The van der Waals surface area contributed by atoms with Gasteiger partial charge in [0.2, 0.25) is 0 Å². The lowest BCUT2D eigenvalue weighted by Gasteiger charge is -2.09. The molecule has 20 heavy (non-hydrogen) atoms. The van der Waals surface area contributed by atoms with Gasteiger partial charge in [-0.25, -0.2) is 4.39 Å². The van der Waals surface area contributed by atoms with Gasteiger partial charge in [0.05, 0.1) is 21.3 Å². The number of aromatic hydroxyl groups is 1. The van der Waals surface area contributed by atoms with E-state index in [1.807, 2.05) is 0 Å².